The Kier molecular flexibility index (Phi) is 4.11. The lowest BCUT2D eigenvalue weighted by atomic mass is 10.3. The van der Waals surface area contributed by atoms with Gasteiger partial charge in [-0.05, 0) is 0 Å². The third kappa shape index (κ3) is 3.48. The third-order valence-electron chi connectivity index (χ3n) is 2.81. The number of aliphatic carboxylic acids is 1. The van der Waals surface area contributed by atoms with E-state index in [2.05, 4.69) is 14.9 Å². The molecular formula is C10H11F3N4O4. The zero-order valence-corrected chi connectivity index (χ0v) is 10.6. The van der Waals surface area contributed by atoms with E-state index in [1.807, 2.05) is 0 Å². The largest absolute Gasteiger partial charge is 0.480 e. The SMILES string of the molecule is O=C(O)COCC(=O)N1CCn2c(nnc2C(F)(F)F)C1. The summed E-state index contributed by atoms with van der Waals surface area (Å²) in [5.74, 6) is -2.79. The van der Waals surface area contributed by atoms with Crippen molar-refractivity contribution in [1.82, 2.24) is 19.7 Å². The van der Waals surface area contributed by atoms with Gasteiger partial charge in [-0.1, -0.05) is 0 Å². The standard InChI is InChI=1S/C10H11F3N4O4/c11-10(12,13)9-15-14-6-3-16(1-2-17(6)9)7(18)4-21-5-8(19)20/h1-5H2,(H,19,20). The van der Waals surface area contributed by atoms with Crippen molar-refractivity contribution in [3.8, 4) is 0 Å². The van der Waals surface area contributed by atoms with Gasteiger partial charge in [-0.2, -0.15) is 13.2 Å². The number of carboxylic acids is 1. The molecule has 0 aromatic carbocycles. The summed E-state index contributed by atoms with van der Waals surface area (Å²) in [6, 6.07) is 0. The molecule has 0 radical (unpaired) electrons. The predicted molar refractivity (Wildman–Crippen MR) is 58.9 cm³/mol. The molecule has 21 heavy (non-hydrogen) atoms. The lowest BCUT2D eigenvalue weighted by Crippen LogP contribution is -2.41. The Hall–Kier alpha value is -2.17. The maximum atomic E-state index is 12.6. The molecule has 0 unspecified atom stereocenters. The van der Waals surface area contributed by atoms with Gasteiger partial charge in [-0.25, -0.2) is 4.79 Å². The lowest BCUT2D eigenvalue weighted by Gasteiger charge is -2.27. The third-order valence-corrected chi connectivity index (χ3v) is 2.81. The molecule has 1 amide bonds. The van der Waals surface area contributed by atoms with Crippen molar-refractivity contribution in [2.45, 2.75) is 19.3 Å². The van der Waals surface area contributed by atoms with E-state index in [4.69, 9.17) is 5.11 Å². The van der Waals surface area contributed by atoms with E-state index in [1.54, 1.807) is 0 Å². The fourth-order valence-electron chi connectivity index (χ4n) is 1.90. The second-order valence-corrected chi connectivity index (χ2v) is 4.29. The van der Waals surface area contributed by atoms with Gasteiger partial charge in [0.25, 0.3) is 0 Å². The minimum atomic E-state index is -4.60. The molecular weight excluding hydrogens is 297 g/mol. The Morgan fingerprint density at radius 3 is 2.57 bits per heavy atom. The number of carbonyl (C=O) groups is 2. The minimum Gasteiger partial charge on any atom is -0.480 e. The van der Waals surface area contributed by atoms with Crippen molar-refractivity contribution >= 4 is 11.9 Å². The van der Waals surface area contributed by atoms with E-state index in [-0.39, 0.29) is 25.5 Å². The molecule has 0 bridgehead atoms. The number of carboxylic acid groups (broad SMARTS) is 1. The molecule has 0 fully saturated rings. The molecule has 2 rings (SSSR count). The summed E-state index contributed by atoms with van der Waals surface area (Å²) in [5.41, 5.74) is 0. The summed E-state index contributed by atoms with van der Waals surface area (Å²) in [6.07, 6.45) is -4.60. The van der Waals surface area contributed by atoms with Crippen LogP contribution in [0.1, 0.15) is 11.6 Å². The van der Waals surface area contributed by atoms with Gasteiger partial charge in [0.15, 0.2) is 5.82 Å². The van der Waals surface area contributed by atoms with Gasteiger partial charge in [0, 0.05) is 13.1 Å². The van der Waals surface area contributed by atoms with Crippen LogP contribution < -0.4 is 0 Å². The number of amides is 1. The normalized spacial score (nSPS) is 14.9. The quantitative estimate of drug-likeness (QED) is 0.823. The maximum absolute atomic E-state index is 12.6. The first-order valence-electron chi connectivity index (χ1n) is 5.85. The molecule has 0 saturated heterocycles. The number of rotatable bonds is 4. The Morgan fingerprint density at radius 1 is 1.24 bits per heavy atom. The van der Waals surface area contributed by atoms with Crippen LogP contribution in [-0.2, 0) is 33.6 Å². The number of hydrogen-bond donors (Lipinski definition) is 1. The van der Waals surface area contributed by atoms with E-state index in [0.717, 1.165) is 4.57 Å². The monoisotopic (exact) mass is 308 g/mol. The van der Waals surface area contributed by atoms with Crippen molar-refractivity contribution in [3.63, 3.8) is 0 Å². The van der Waals surface area contributed by atoms with E-state index in [0.29, 0.717) is 0 Å². The van der Waals surface area contributed by atoms with Gasteiger partial charge in [0.1, 0.15) is 13.2 Å². The van der Waals surface area contributed by atoms with Gasteiger partial charge >= 0.3 is 12.1 Å². The van der Waals surface area contributed by atoms with Crippen LogP contribution in [0.3, 0.4) is 0 Å². The summed E-state index contributed by atoms with van der Waals surface area (Å²) in [7, 11) is 0. The van der Waals surface area contributed by atoms with Crippen LogP contribution in [-0.4, -0.2) is 56.4 Å². The molecule has 1 aromatic heterocycles. The van der Waals surface area contributed by atoms with Gasteiger partial charge in [-0.15, -0.1) is 10.2 Å². The van der Waals surface area contributed by atoms with Crippen molar-refractivity contribution in [3.05, 3.63) is 11.6 Å². The molecule has 11 heteroatoms. The number of carbonyl (C=O) groups excluding carboxylic acids is 1. The summed E-state index contributed by atoms with van der Waals surface area (Å²) in [5, 5.41) is 14.9. The van der Waals surface area contributed by atoms with Crippen LogP contribution in [0.4, 0.5) is 13.2 Å². The summed E-state index contributed by atoms with van der Waals surface area (Å²) in [6.45, 7) is -1.23. The van der Waals surface area contributed by atoms with Crippen molar-refractivity contribution in [2.75, 3.05) is 19.8 Å². The molecule has 0 spiro atoms. The van der Waals surface area contributed by atoms with Crippen LogP contribution in [0.25, 0.3) is 0 Å². The Bertz CT molecular complexity index is 557. The highest BCUT2D eigenvalue weighted by Crippen LogP contribution is 2.29. The zero-order chi connectivity index (χ0) is 15.6. The molecule has 1 aliphatic rings. The van der Waals surface area contributed by atoms with Crippen molar-refractivity contribution in [1.29, 1.82) is 0 Å². The lowest BCUT2D eigenvalue weighted by molar-refractivity contribution is -0.148. The molecule has 1 aromatic rings. The van der Waals surface area contributed by atoms with Gasteiger partial charge in [0.2, 0.25) is 11.7 Å². The van der Waals surface area contributed by atoms with Crippen molar-refractivity contribution < 1.29 is 32.6 Å². The Morgan fingerprint density at radius 2 is 1.95 bits per heavy atom. The number of aromatic nitrogens is 3. The molecule has 0 atom stereocenters. The van der Waals surface area contributed by atoms with Crippen LogP contribution >= 0.6 is 0 Å². The highest BCUT2D eigenvalue weighted by molar-refractivity contribution is 5.78. The number of alkyl halides is 3. The second kappa shape index (κ2) is 5.68. The number of fused-ring (bicyclic) bond motifs is 1. The summed E-state index contributed by atoms with van der Waals surface area (Å²) < 4.78 is 43.4. The van der Waals surface area contributed by atoms with Crippen LogP contribution in [0, 0.1) is 0 Å². The molecule has 2 heterocycles. The Labute approximate surface area is 116 Å². The van der Waals surface area contributed by atoms with Gasteiger partial charge in [-0.3, -0.25) is 4.79 Å². The fourth-order valence-corrected chi connectivity index (χ4v) is 1.90. The van der Waals surface area contributed by atoms with Gasteiger partial charge < -0.3 is 19.3 Å². The summed E-state index contributed by atoms with van der Waals surface area (Å²) >= 11 is 0. The second-order valence-electron chi connectivity index (χ2n) is 4.29. The molecule has 1 aliphatic heterocycles. The maximum Gasteiger partial charge on any atom is 0.451 e. The number of nitrogens with zero attached hydrogens (tertiary/aromatic N) is 4. The highest BCUT2D eigenvalue weighted by Gasteiger charge is 2.39. The Balaban J connectivity index is 1.99. The van der Waals surface area contributed by atoms with Gasteiger partial charge in [0.05, 0.1) is 6.54 Å². The molecule has 0 aliphatic carbocycles. The summed E-state index contributed by atoms with van der Waals surface area (Å²) in [4.78, 5) is 23.2. The van der Waals surface area contributed by atoms with E-state index >= 15 is 0 Å². The topological polar surface area (TPSA) is 97.6 Å². The molecule has 1 N–H and O–H groups in total. The van der Waals surface area contributed by atoms with E-state index in [1.165, 1.54) is 4.90 Å². The van der Waals surface area contributed by atoms with E-state index in [9.17, 15) is 22.8 Å². The zero-order valence-electron chi connectivity index (χ0n) is 10.6. The number of halogens is 3. The average molecular weight is 308 g/mol. The smallest absolute Gasteiger partial charge is 0.451 e. The number of hydrogen-bond acceptors (Lipinski definition) is 5. The molecule has 0 saturated carbocycles. The highest BCUT2D eigenvalue weighted by atomic mass is 19.4. The average Bonchev–Trinajstić information content (AvgIpc) is 2.80. The van der Waals surface area contributed by atoms with E-state index < -0.39 is 37.1 Å². The van der Waals surface area contributed by atoms with Crippen molar-refractivity contribution in [2.24, 2.45) is 0 Å². The first kappa shape index (κ1) is 15.2. The van der Waals surface area contributed by atoms with Crippen LogP contribution in [0.2, 0.25) is 0 Å². The minimum absolute atomic E-state index is 0.0279. The number of ether oxygens (including phenoxy) is 1. The fraction of sp³-hybridized carbons (Fsp3) is 0.600. The first-order valence-corrected chi connectivity index (χ1v) is 5.85. The predicted octanol–water partition coefficient (Wildman–Crippen LogP) is -0.260. The molecule has 116 valence electrons. The first-order chi connectivity index (χ1) is 9.79. The molecule has 8 nitrogen and oxygen atoms in total. The van der Waals surface area contributed by atoms with Crippen LogP contribution in [0.15, 0.2) is 0 Å². The van der Waals surface area contributed by atoms with Crippen LogP contribution in [0.5, 0.6) is 0 Å².